The fourth-order valence-corrected chi connectivity index (χ4v) is 1.73. The number of aromatic nitrogens is 1. The number of anilines is 1. The van der Waals surface area contributed by atoms with Gasteiger partial charge in [0, 0.05) is 23.1 Å². The largest absolute Gasteiger partial charge is 0.419 e. The zero-order valence-electron chi connectivity index (χ0n) is 9.68. The molecule has 0 saturated carbocycles. The standard InChI is InChI=1S/C12H12BrF3N2/c1-3-5-9(4-2)18-11-10(12(14,15)16)6-8(13)7-17-11/h1,6-7,9H,4-5H2,2H3,(H,17,18). The maximum atomic E-state index is 12.8. The third-order valence-electron chi connectivity index (χ3n) is 2.36. The first-order valence-electron chi connectivity index (χ1n) is 5.31. The SMILES string of the molecule is C#CCC(CC)Nc1ncc(Br)cc1C(F)(F)F. The van der Waals surface area contributed by atoms with Gasteiger partial charge in [0.2, 0.25) is 0 Å². The van der Waals surface area contributed by atoms with Gasteiger partial charge in [0.1, 0.15) is 5.82 Å². The molecule has 98 valence electrons. The van der Waals surface area contributed by atoms with Gasteiger partial charge in [0.15, 0.2) is 0 Å². The Morgan fingerprint density at radius 3 is 2.72 bits per heavy atom. The predicted molar refractivity (Wildman–Crippen MR) is 68.1 cm³/mol. The molecule has 1 aromatic rings. The number of hydrogen-bond donors (Lipinski definition) is 1. The fourth-order valence-electron chi connectivity index (χ4n) is 1.40. The van der Waals surface area contributed by atoms with Crippen molar-refractivity contribution in [2.75, 3.05) is 5.32 Å². The monoisotopic (exact) mass is 320 g/mol. The van der Waals surface area contributed by atoms with Crippen molar-refractivity contribution >= 4 is 21.7 Å². The molecular formula is C12H12BrF3N2. The van der Waals surface area contributed by atoms with Crippen LogP contribution in [0.2, 0.25) is 0 Å². The number of nitrogens with one attached hydrogen (secondary N) is 1. The zero-order chi connectivity index (χ0) is 13.8. The lowest BCUT2D eigenvalue weighted by molar-refractivity contribution is -0.137. The Morgan fingerprint density at radius 2 is 2.22 bits per heavy atom. The lowest BCUT2D eigenvalue weighted by atomic mass is 10.1. The van der Waals surface area contributed by atoms with Crippen molar-refractivity contribution in [3.05, 3.63) is 22.3 Å². The smallest absolute Gasteiger partial charge is 0.366 e. The molecule has 0 saturated heterocycles. The number of rotatable bonds is 4. The maximum absolute atomic E-state index is 12.8. The van der Waals surface area contributed by atoms with Crippen LogP contribution in [0.5, 0.6) is 0 Å². The summed E-state index contributed by atoms with van der Waals surface area (Å²) in [5.41, 5.74) is -0.799. The van der Waals surface area contributed by atoms with E-state index >= 15 is 0 Å². The van der Waals surface area contributed by atoms with Crippen LogP contribution in [-0.4, -0.2) is 11.0 Å². The second-order valence-corrected chi connectivity index (χ2v) is 4.62. The van der Waals surface area contributed by atoms with E-state index in [1.807, 2.05) is 6.92 Å². The van der Waals surface area contributed by atoms with Gasteiger partial charge in [-0.1, -0.05) is 6.92 Å². The van der Waals surface area contributed by atoms with Crippen LogP contribution >= 0.6 is 15.9 Å². The zero-order valence-corrected chi connectivity index (χ0v) is 11.3. The number of hydrogen-bond acceptors (Lipinski definition) is 2. The second-order valence-electron chi connectivity index (χ2n) is 3.71. The molecule has 0 radical (unpaired) electrons. The molecule has 0 aliphatic rings. The summed E-state index contributed by atoms with van der Waals surface area (Å²) in [7, 11) is 0. The first kappa shape index (κ1) is 14.8. The average molecular weight is 321 g/mol. The summed E-state index contributed by atoms with van der Waals surface area (Å²) >= 11 is 2.98. The van der Waals surface area contributed by atoms with Gasteiger partial charge in [-0.25, -0.2) is 4.98 Å². The third kappa shape index (κ3) is 3.91. The summed E-state index contributed by atoms with van der Waals surface area (Å²) in [4.78, 5) is 3.77. The number of nitrogens with zero attached hydrogens (tertiary/aromatic N) is 1. The van der Waals surface area contributed by atoms with E-state index in [2.05, 4.69) is 32.2 Å². The lowest BCUT2D eigenvalue weighted by Gasteiger charge is -2.19. The second kappa shape index (κ2) is 6.10. The Hall–Kier alpha value is -1.22. The summed E-state index contributed by atoms with van der Waals surface area (Å²) < 4.78 is 38.8. The van der Waals surface area contributed by atoms with Crippen LogP contribution in [0.25, 0.3) is 0 Å². The summed E-state index contributed by atoms with van der Waals surface area (Å²) in [6.45, 7) is 1.85. The normalized spacial score (nSPS) is 12.9. The average Bonchev–Trinajstić information content (AvgIpc) is 2.29. The molecule has 0 aliphatic heterocycles. The van der Waals surface area contributed by atoms with Crippen molar-refractivity contribution in [1.82, 2.24) is 4.98 Å². The van der Waals surface area contributed by atoms with E-state index in [-0.39, 0.29) is 16.3 Å². The highest BCUT2D eigenvalue weighted by molar-refractivity contribution is 9.10. The molecule has 0 spiro atoms. The summed E-state index contributed by atoms with van der Waals surface area (Å²) in [6, 6.07) is 0.780. The molecule has 1 rings (SSSR count). The van der Waals surface area contributed by atoms with E-state index in [1.54, 1.807) is 0 Å². The molecule has 1 unspecified atom stereocenters. The fraction of sp³-hybridized carbons (Fsp3) is 0.417. The molecule has 0 amide bonds. The molecule has 0 aliphatic carbocycles. The molecule has 2 nitrogen and oxygen atoms in total. The van der Waals surface area contributed by atoms with Crippen molar-refractivity contribution in [2.24, 2.45) is 0 Å². The highest BCUT2D eigenvalue weighted by atomic mass is 79.9. The minimum absolute atomic E-state index is 0.187. The van der Waals surface area contributed by atoms with E-state index in [4.69, 9.17) is 6.42 Å². The Bertz CT molecular complexity index is 452. The van der Waals surface area contributed by atoms with Crippen LogP contribution in [0.3, 0.4) is 0 Å². The van der Waals surface area contributed by atoms with Crippen molar-refractivity contribution < 1.29 is 13.2 Å². The van der Waals surface area contributed by atoms with Gasteiger partial charge in [-0.2, -0.15) is 13.2 Å². The molecule has 1 heterocycles. The van der Waals surface area contributed by atoms with Crippen LogP contribution in [0.15, 0.2) is 16.7 Å². The Morgan fingerprint density at radius 1 is 1.56 bits per heavy atom. The van der Waals surface area contributed by atoms with Crippen molar-refractivity contribution in [1.29, 1.82) is 0 Å². The van der Waals surface area contributed by atoms with Crippen molar-refractivity contribution in [2.45, 2.75) is 32.0 Å². The van der Waals surface area contributed by atoms with Gasteiger partial charge in [-0.3, -0.25) is 0 Å². The summed E-state index contributed by atoms with van der Waals surface area (Å²) in [5, 5.41) is 2.74. The molecule has 18 heavy (non-hydrogen) atoms. The van der Waals surface area contributed by atoms with Crippen LogP contribution in [0.1, 0.15) is 25.3 Å². The maximum Gasteiger partial charge on any atom is 0.419 e. The van der Waals surface area contributed by atoms with E-state index in [1.165, 1.54) is 6.20 Å². The van der Waals surface area contributed by atoms with Crippen LogP contribution in [0.4, 0.5) is 19.0 Å². The van der Waals surface area contributed by atoms with Gasteiger partial charge in [-0.05, 0) is 28.4 Å². The highest BCUT2D eigenvalue weighted by Gasteiger charge is 2.35. The molecule has 1 aromatic heterocycles. The van der Waals surface area contributed by atoms with Gasteiger partial charge >= 0.3 is 6.18 Å². The molecule has 0 bridgehead atoms. The Balaban J connectivity index is 3.05. The Labute approximate surface area is 112 Å². The Kier molecular flexibility index (Phi) is 5.03. The first-order valence-corrected chi connectivity index (χ1v) is 6.10. The number of terminal acetylenes is 1. The topological polar surface area (TPSA) is 24.9 Å². The van der Waals surface area contributed by atoms with Crippen molar-refractivity contribution in [3.63, 3.8) is 0 Å². The molecule has 6 heteroatoms. The quantitative estimate of drug-likeness (QED) is 0.846. The number of alkyl halides is 3. The number of pyridine rings is 1. The van der Waals surface area contributed by atoms with Gasteiger partial charge in [-0.15, -0.1) is 12.3 Å². The third-order valence-corrected chi connectivity index (χ3v) is 2.79. The molecule has 1 N–H and O–H groups in total. The lowest BCUT2D eigenvalue weighted by Crippen LogP contribution is -2.21. The minimum Gasteiger partial charge on any atom is -0.366 e. The van der Waals surface area contributed by atoms with E-state index in [0.29, 0.717) is 12.8 Å². The van der Waals surface area contributed by atoms with Crippen LogP contribution < -0.4 is 5.32 Å². The van der Waals surface area contributed by atoms with Crippen LogP contribution in [-0.2, 0) is 6.18 Å². The molecule has 0 aromatic carbocycles. The van der Waals surface area contributed by atoms with Gasteiger partial charge in [0.05, 0.1) is 5.56 Å². The van der Waals surface area contributed by atoms with E-state index in [0.717, 1.165) is 6.07 Å². The highest BCUT2D eigenvalue weighted by Crippen LogP contribution is 2.35. The van der Waals surface area contributed by atoms with Gasteiger partial charge < -0.3 is 5.32 Å². The summed E-state index contributed by atoms with van der Waals surface area (Å²) in [5.74, 6) is 2.24. The minimum atomic E-state index is -4.45. The first-order chi connectivity index (χ1) is 8.38. The number of halogens is 4. The summed E-state index contributed by atoms with van der Waals surface area (Å²) in [6.07, 6.45) is 3.01. The van der Waals surface area contributed by atoms with E-state index < -0.39 is 11.7 Å². The van der Waals surface area contributed by atoms with Crippen LogP contribution in [0, 0.1) is 12.3 Å². The van der Waals surface area contributed by atoms with Crippen molar-refractivity contribution in [3.8, 4) is 12.3 Å². The molecular weight excluding hydrogens is 309 g/mol. The predicted octanol–water partition coefficient (Wildman–Crippen LogP) is 4.08. The van der Waals surface area contributed by atoms with Gasteiger partial charge in [0.25, 0.3) is 0 Å². The molecule has 1 atom stereocenters. The van der Waals surface area contributed by atoms with E-state index in [9.17, 15) is 13.2 Å². The molecule has 0 fully saturated rings.